The lowest BCUT2D eigenvalue weighted by molar-refractivity contribution is -0.121. The van der Waals surface area contributed by atoms with E-state index in [1.165, 1.54) is 4.90 Å². The minimum atomic E-state index is -0.636. The fraction of sp³-hybridized carbons (Fsp3) is 0.190. The second-order valence-electron chi connectivity index (χ2n) is 6.58. The molecular formula is C21H18ClN3O3. The van der Waals surface area contributed by atoms with Crippen molar-refractivity contribution in [2.24, 2.45) is 0 Å². The van der Waals surface area contributed by atoms with Crippen molar-refractivity contribution < 1.29 is 14.1 Å². The van der Waals surface area contributed by atoms with Gasteiger partial charge in [0.25, 0.3) is 5.91 Å². The molecule has 0 unspecified atom stereocenters. The first kappa shape index (κ1) is 18.3. The van der Waals surface area contributed by atoms with Gasteiger partial charge in [0, 0.05) is 24.7 Å². The number of hydrogen-bond donors (Lipinski definition) is 1. The van der Waals surface area contributed by atoms with Gasteiger partial charge in [-0.2, -0.15) is 0 Å². The van der Waals surface area contributed by atoms with Gasteiger partial charge in [0.15, 0.2) is 0 Å². The van der Waals surface area contributed by atoms with Crippen LogP contribution in [0.3, 0.4) is 0 Å². The topological polar surface area (TPSA) is 75.4 Å². The van der Waals surface area contributed by atoms with Crippen LogP contribution in [0.1, 0.15) is 21.7 Å². The maximum absolute atomic E-state index is 13.6. The summed E-state index contributed by atoms with van der Waals surface area (Å²) in [5.74, 6) is -0.190. The summed E-state index contributed by atoms with van der Waals surface area (Å²) in [5, 5.41) is 7.19. The number of aryl methyl sites for hydroxylation is 1. The standard InChI is InChI=1S/C21H18ClN3O3/c1-12-18(19(24-28-12)14-8-4-5-9-15(14)22)21(27)25-16-10-6-3-7-13(16)11-17(25)20(26)23-2/h3-10,17H,11H2,1-2H3,(H,23,26)/t17-/m1/s1. The Morgan fingerprint density at radius 3 is 2.64 bits per heavy atom. The van der Waals surface area contributed by atoms with E-state index in [0.29, 0.717) is 39.7 Å². The van der Waals surface area contributed by atoms with Gasteiger partial charge in [0.05, 0.1) is 5.02 Å². The van der Waals surface area contributed by atoms with E-state index in [1.54, 1.807) is 32.2 Å². The summed E-state index contributed by atoms with van der Waals surface area (Å²) in [4.78, 5) is 27.6. The van der Waals surface area contributed by atoms with E-state index in [4.69, 9.17) is 16.1 Å². The molecule has 1 aliphatic rings. The summed E-state index contributed by atoms with van der Waals surface area (Å²) in [6.07, 6.45) is 0.452. The van der Waals surface area contributed by atoms with Crippen LogP contribution in [0.5, 0.6) is 0 Å². The van der Waals surface area contributed by atoms with Crippen LogP contribution in [0.4, 0.5) is 5.69 Å². The molecule has 4 rings (SSSR count). The third kappa shape index (κ3) is 2.86. The quantitative estimate of drug-likeness (QED) is 0.734. The Labute approximate surface area is 167 Å². The van der Waals surface area contributed by atoms with Gasteiger partial charge >= 0.3 is 0 Å². The number of hydrogen-bond acceptors (Lipinski definition) is 4. The molecule has 1 aromatic heterocycles. The number of nitrogens with one attached hydrogen (secondary N) is 1. The smallest absolute Gasteiger partial charge is 0.264 e. The lowest BCUT2D eigenvalue weighted by Gasteiger charge is -2.24. The predicted octanol–water partition coefficient (Wildman–Crippen LogP) is 3.62. The summed E-state index contributed by atoms with van der Waals surface area (Å²) in [6.45, 7) is 1.68. The van der Waals surface area contributed by atoms with Gasteiger partial charge in [-0.25, -0.2) is 0 Å². The van der Waals surface area contributed by atoms with Crippen LogP contribution in [0.25, 0.3) is 11.3 Å². The van der Waals surface area contributed by atoms with Gasteiger partial charge in [-0.05, 0) is 24.6 Å². The molecule has 2 heterocycles. The van der Waals surface area contributed by atoms with Crippen molar-refractivity contribution >= 4 is 29.1 Å². The van der Waals surface area contributed by atoms with Gasteiger partial charge in [0.2, 0.25) is 5.91 Å². The largest absolute Gasteiger partial charge is 0.360 e. The van der Waals surface area contributed by atoms with E-state index >= 15 is 0 Å². The Morgan fingerprint density at radius 1 is 1.18 bits per heavy atom. The Kier molecular flexibility index (Phi) is 4.65. The third-order valence-corrected chi connectivity index (χ3v) is 5.28. The highest BCUT2D eigenvalue weighted by atomic mass is 35.5. The normalized spacial score (nSPS) is 15.4. The van der Waals surface area contributed by atoms with Crippen LogP contribution >= 0.6 is 11.6 Å². The fourth-order valence-corrected chi connectivity index (χ4v) is 3.82. The molecule has 2 aromatic carbocycles. The molecule has 0 fully saturated rings. The third-order valence-electron chi connectivity index (χ3n) is 4.95. The van der Waals surface area contributed by atoms with Gasteiger partial charge in [-0.1, -0.05) is 53.2 Å². The number of rotatable bonds is 3. The van der Waals surface area contributed by atoms with Crippen molar-refractivity contribution in [2.45, 2.75) is 19.4 Å². The summed E-state index contributed by atoms with van der Waals surface area (Å²) in [7, 11) is 1.56. The van der Waals surface area contributed by atoms with Crippen molar-refractivity contribution in [1.82, 2.24) is 10.5 Å². The number of carbonyl (C=O) groups excluding carboxylic acids is 2. The number of nitrogens with zero attached hydrogens (tertiary/aromatic N) is 2. The van der Waals surface area contributed by atoms with Crippen LogP contribution in [-0.4, -0.2) is 30.1 Å². The first-order valence-electron chi connectivity index (χ1n) is 8.87. The van der Waals surface area contributed by atoms with E-state index in [1.807, 2.05) is 30.3 Å². The molecule has 0 saturated heterocycles. The molecule has 0 saturated carbocycles. The minimum Gasteiger partial charge on any atom is -0.360 e. The number of aromatic nitrogens is 1. The van der Waals surface area contributed by atoms with E-state index in [0.717, 1.165) is 5.56 Å². The number of halogens is 1. The van der Waals surface area contributed by atoms with Gasteiger partial charge in [0.1, 0.15) is 23.1 Å². The highest BCUT2D eigenvalue weighted by Gasteiger charge is 2.40. The molecule has 1 N–H and O–H groups in total. The molecule has 28 heavy (non-hydrogen) atoms. The summed E-state index contributed by atoms with van der Waals surface area (Å²) >= 11 is 6.32. The molecule has 1 atom stereocenters. The number of likely N-dealkylation sites (N-methyl/N-ethyl adjacent to an activating group) is 1. The van der Waals surface area contributed by atoms with Crippen molar-refractivity contribution in [3.8, 4) is 11.3 Å². The molecule has 0 radical (unpaired) electrons. The molecule has 0 spiro atoms. The number of para-hydroxylation sites is 1. The van der Waals surface area contributed by atoms with Crippen LogP contribution in [-0.2, 0) is 11.2 Å². The average molecular weight is 396 g/mol. The molecule has 0 aliphatic carbocycles. The van der Waals surface area contributed by atoms with E-state index < -0.39 is 6.04 Å². The number of anilines is 1. The van der Waals surface area contributed by atoms with Crippen LogP contribution < -0.4 is 10.2 Å². The van der Waals surface area contributed by atoms with Crippen LogP contribution in [0, 0.1) is 6.92 Å². The highest BCUT2D eigenvalue weighted by molar-refractivity contribution is 6.33. The Bertz CT molecular complexity index is 1080. The fourth-order valence-electron chi connectivity index (χ4n) is 3.59. The molecule has 3 aromatic rings. The van der Waals surface area contributed by atoms with Crippen molar-refractivity contribution in [3.05, 3.63) is 70.4 Å². The maximum Gasteiger partial charge on any atom is 0.264 e. The molecule has 142 valence electrons. The number of fused-ring (bicyclic) bond motifs is 1. The summed E-state index contributed by atoms with van der Waals surface area (Å²) < 4.78 is 5.34. The summed E-state index contributed by atoms with van der Waals surface area (Å²) in [6, 6.07) is 14.0. The van der Waals surface area contributed by atoms with E-state index in [-0.39, 0.29) is 11.8 Å². The van der Waals surface area contributed by atoms with Crippen molar-refractivity contribution in [1.29, 1.82) is 0 Å². The van der Waals surface area contributed by atoms with Crippen LogP contribution in [0.2, 0.25) is 5.02 Å². The number of amides is 2. The van der Waals surface area contributed by atoms with Gasteiger partial charge < -0.3 is 9.84 Å². The monoisotopic (exact) mass is 395 g/mol. The lowest BCUT2D eigenvalue weighted by atomic mass is 10.0. The van der Waals surface area contributed by atoms with Gasteiger partial charge in [-0.15, -0.1) is 0 Å². The molecule has 7 heteroatoms. The van der Waals surface area contributed by atoms with Crippen LogP contribution in [0.15, 0.2) is 53.1 Å². The first-order valence-corrected chi connectivity index (χ1v) is 9.25. The van der Waals surface area contributed by atoms with Crippen molar-refractivity contribution in [3.63, 3.8) is 0 Å². The van der Waals surface area contributed by atoms with Gasteiger partial charge in [-0.3, -0.25) is 14.5 Å². The Morgan fingerprint density at radius 2 is 1.89 bits per heavy atom. The highest BCUT2D eigenvalue weighted by Crippen LogP contribution is 2.37. The molecule has 2 amide bonds. The zero-order chi connectivity index (χ0) is 19.8. The van der Waals surface area contributed by atoms with E-state index in [2.05, 4.69) is 10.5 Å². The maximum atomic E-state index is 13.6. The zero-order valence-electron chi connectivity index (χ0n) is 15.4. The average Bonchev–Trinajstić information content (AvgIpc) is 3.28. The van der Waals surface area contributed by atoms with Crippen molar-refractivity contribution in [2.75, 3.05) is 11.9 Å². The number of carbonyl (C=O) groups is 2. The Hall–Kier alpha value is -3.12. The Balaban J connectivity index is 1.84. The zero-order valence-corrected chi connectivity index (χ0v) is 16.2. The first-order chi connectivity index (χ1) is 13.5. The molecule has 6 nitrogen and oxygen atoms in total. The number of benzene rings is 2. The molecule has 0 bridgehead atoms. The lowest BCUT2D eigenvalue weighted by Crippen LogP contribution is -2.47. The summed E-state index contributed by atoms with van der Waals surface area (Å²) in [5.41, 5.74) is 2.94. The van der Waals surface area contributed by atoms with E-state index in [9.17, 15) is 9.59 Å². The minimum absolute atomic E-state index is 0.224. The second kappa shape index (κ2) is 7.13. The molecule has 1 aliphatic heterocycles. The predicted molar refractivity (Wildman–Crippen MR) is 106 cm³/mol. The second-order valence-corrected chi connectivity index (χ2v) is 6.99. The molecular weight excluding hydrogens is 378 g/mol. The SMILES string of the molecule is CNC(=O)[C@H]1Cc2ccccc2N1C(=O)c1c(-c2ccccc2Cl)noc1C.